The second kappa shape index (κ2) is 5.71. The molecule has 0 radical (unpaired) electrons. The van der Waals surface area contributed by atoms with Crippen LogP contribution in [0.5, 0.6) is 11.8 Å². The van der Waals surface area contributed by atoms with E-state index in [4.69, 9.17) is 14.0 Å². The minimum absolute atomic E-state index is 0.153. The number of aromatic nitrogens is 3. The van der Waals surface area contributed by atoms with Gasteiger partial charge in [-0.15, -0.1) is 0 Å². The highest BCUT2D eigenvalue weighted by atomic mass is 16.6. The van der Waals surface area contributed by atoms with Crippen LogP contribution in [-0.2, 0) is 12.0 Å². The third-order valence-electron chi connectivity index (χ3n) is 3.16. The molecule has 2 aromatic rings. The van der Waals surface area contributed by atoms with E-state index < -0.39 is 0 Å². The molecule has 0 aliphatic rings. The van der Waals surface area contributed by atoms with Crippen LogP contribution in [0.2, 0.25) is 0 Å². The lowest BCUT2D eigenvalue weighted by Crippen LogP contribution is -2.13. The molecule has 0 aliphatic heterocycles. The van der Waals surface area contributed by atoms with Crippen molar-refractivity contribution >= 4 is 0 Å². The summed E-state index contributed by atoms with van der Waals surface area (Å²) in [4.78, 5) is 8.59. The van der Waals surface area contributed by atoms with Gasteiger partial charge in [0.25, 0.3) is 0 Å². The molecular weight excluding hydrogens is 270 g/mol. The maximum absolute atomic E-state index is 5.53. The van der Waals surface area contributed by atoms with Gasteiger partial charge in [-0.1, -0.05) is 25.9 Å². The smallest absolute Gasteiger partial charge is 0.417 e. The largest absolute Gasteiger partial charge is 0.496 e. The lowest BCUT2D eigenvalue weighted by atomic mass is 9.96. The highest BCUT2D eigenvalue weighted by molar-refractivity contribution is 5.40. The van der Waals surface area contributed by atoms with Crippen molar-refractivity contribution in [3.05, 3.63) is 28.8 Å². The summed E-state index contributed by atoms with van der Waals surface area (Å²) in [6.07, 6.45) is 1.92. The number of ether oxygens (including phenoxy) is 2. The van der Waals surface area contributed by atoms with Gasteiger partial charge in [-0.25, -0.2) is 0 Å². The maximum Gasteiger partial charge on any atom is 0.417 e. The molecule has 2 aromatic heterocycles. The molecule has 0 aliphatic carbocycles. The molecule has 0 atom stereocenters. The predicted octanol–water partition coefficient (Wildman–Crippen LogP) is 2.97. The maximum atomic E-state index is 5.53. The number of hydrogen-bond donors (Lipinski definition) is 0. The topological polar surface area (TPSA) is 70.3 Å². The van der Waals surface area contributed by atoms with Crippen LogP contribution in [-0.4, -0.2) is 22.2 Å². The molecular formula is C15H21N3O3. The minimum Gasteiger partial charge on any atom is -0.496 e. The summed E-state index contributed by atoms with van der Waals surface area (Å²) < 4.78 is 16.0. The van der Waals surface area contributed by atoms with Gasteiger partial charge in [-0.3, -0.25) is 9.51 Å². The van der Waals surface area contributed by atoms with Gasteiger partial charge < -0.3 is 9.47 Å². The molecule has 0 bridgehead atoms. The van der Waals surface area contributed by atoms with E-state index >= 15 is 0 Å². The Morgan fingerprint density at radius 1 is 1.24 bits per heavy atom. The Bertz CT molecular complexity index is 630. The fourth-order valence-corrected chi connectivity index (χ4v) is 1.92. The highest BCUT2D eigenvalue weighted by Crippen LogP contribution is 2.25. The molecule has 114 valence electrons. The van der Waals surface area contributed by atoms with Crippen LogP contribution in [0.1, 0.15) is 43.4 Å². The molecule has 6 heteroatoms. The van der Waals surface area contributed by atoms with Gasteiger partial charge in [0.2, 0.25) is 0 Å². The van der Waals surface area contributed by atoms with Crippen LogP contribution in [0.4, 0.5) is 0 Å². The Labute approximate surface area is 124 Å². The molecule has 2 heterocycles. The van der Waals surface area contributed by atoms with E-state index in [2.05, 4.69) is 15.1 Å². The SMILES string of the molecule is COc1c(C)cnc(COc2nc(C(C)(C)C)no2)c1C. The van der Waals surface area contributed by atoms with Gasteiger partial charge in [0, 0.05) is 22.7 Å². The summed E-state index contributed by atoms with van der Waals surface area (Å²) >= 11 is 0. The van der Waals surface area contributed by atoms with Crippen molar-refractivity contribution in [2.75, 3.05) is 7.11 Å². The molecule has 2 rings (SSSR count). The number of rotatable bonds is 4. The van der Waals surface area contributed by atoms with E-state index in [-0.39, 0.29) is 18.1 Å². The van der Waals surface area contributed by atoms with E-state index in [1.807, 2.05) is 34.6 Å². The minimum atomic E-state index is -0.174. The molecule has 0 N–H and O–H groups in total. The third kappa shape index (κ3) is 3.32. The van der Waals surface area contributed by atoms with Crippen LogP contribution in [0.25, 0.3) is 0 Å². The second-order valence-corrected chi connectivity index (χ2v) is 5.97. The molecule has 0 saturated carbocycles. The molecule has 0 amide bonds. The predicted molar refractivity (Wildman–Crippen MR) is 77.6 cm³/mol. The van der Waals surface area contributed by atoms with Crippen molar-refractivity contribution in [1.82, 2.24) is 15.1 Å². The standard InChI is InChI=1S/C15H21N3O3/c1-9-7-16-11(10(2)12(9)19-6)8-20-14-17-13(18-21-14)15(3,4)5/h7H,8H2,1-6H3. The van der Waals surface area contributed by atoms with Gasteiger partial charge in [-0.2, -0.15) is 4.98 Å². The fourth-order valence-electron chi connectivity index (χ4n) is 1.92. The van der Waals surface area contributed by atoms with Crippen molar-refractivity contribution < 1.29 is 14.0 Å². The van der Waals surface area contributed by atoms with E-state index in [0.717, 1.165) is 22.6 Å². The van der Waals surface area contributed by atoms with Crippen LogP contribution in [0.15, 0.2) is 10.7 Å². The zero-order valence-electron chi connectivity index (χ0n) is 13.4. The summed E-state index contributed by atoms with van der Waals surface area (Å²) in [5.74, 6) is 1.44. The van der Waals surface area contributed by atoms with E-state index in [1.54, 1.807) is 13.3 Å². The van der Waals surface area contributed by atoms with Crippen LogP contribution < -0.4 is 9.47 Å². The van der Waals surface area contributed by atoms with E-state index in [9.17, 15) is 0 Å². The van der Waals surface area contributed by atoms with Gasteiger partial charge in [0.05, 0.1) is 12.8 Å². The molecule has 0 spiro atoms. The van der Waals surface area contributed by atoms with Crippen LogP contribution in [0, 0.1) is 13.8 Å². The van der Waals surface area contributed by atoms with Crippen molar-refractivity contribution in [3.8, 4) is 11.8 Å². The highest BCUT2D eigenvalue weighted by Gasteiger charge is 2.21. The van der Waals surface area contributed by atoms with E-state index in [0.29, 0.717) is 5.82 Å². The summed E-state index contributed by atoms with van der Waals surface area (Å²) in [6.45, 7) is 10.2. The monoisotopic (exact) mass is 291 g/mol. The Morgan fingerprint density at radius 2 is 1.95 bits per heavy atom. The second-order valence-electron chi connectivity index (χ2n) is 5.97. The van der Waals surface area contributed by atoms with Gasteiger partial charge in [0.1, 0.15) is 12.4 Å². The average molecular weight is 291 g/mol. The molecule has 6 nitrogen and oxygen atoms in total. The lowest BCUT2D eigenvalue weighted by Gasteiger charge is -2.12. The number of methoxy groups -OCH3 is 1. The first-order valence-electron chi connectivity index (χ1n) is 6.79. The first-order chi connectivity index (χ1) is 9.82. The molecule has 0 aromatic carbocycles. The number of hydrogen-bond acceptors (Lipinski definition) is 6. The first kappa shape index (κ1) is 15.3. The van der Waals surface area contributed by atoms with Crippen molar-refractivity contribution in [3.63, 3.8) is 0 Å². The molecule has 0 unspecified atom stereocenters. The number of aryl methyl sites for hydroxylation is 1. The normalized spacial score (nSPS) is 11.5. The van der Waals surface area contributed by atoms with Crippen molar-refractivity contribution in [1.29, 1.82) is 0 Å². The summed E-state index contributed by atoms with van der Waals surface area (Å²) in [5.41, 5.74) is 2.55. The lowest BCUT2D eigenvalue weighted by molar-refractivity contribution is 0.191. The van der Waals surface area contributed by atoms with Gasteiger partial charge in [0.15, 0.2) is 5.82 Å². The fraction of sp³-hybridized carbons (Fsp3) is 0.533. The van der Waals surface area contributed by atoms with Gasteiger partial charge in [-0.05, 0) is 13.8 Å². The van der Waals surface area contributed by atoms with Crippen LogP contribution >= 0.6 is 0 Å². The molecule has 0 fully saturated rings. The summed E-state index contributed by atoms with van der Waals surface area (Å²) in [7, 11) is 1.65. The van der Waals surface area contributed by atoms with E-state index in [1.165, 1.54) is 0 Å². The van der Waals surface area contributed by atoms with Crippen molar-refractivity contribution in [2.45, 2.75) is 46.6 Å². The zero-order chi connectivity index (χ0) is 15.6. The third-order valence-corrected chi connectivity index (χ3v) is 3.16. The molecule has 21 heavy (non-hydrogen) atoms. The Kier molecular flexibility index (Phi) is 4.16. The Hall–Kier alpha value is -2.11. The average Bonchev–Trinajstić information content (AvgIpc) is 2.87. The summed E-state index contributed by atoms with van der Waals surface area (Å²) in [6, 6.07) is 0. The zero-order valence-corrected chi connectivity index (χ0v) is 13.4. The number of nitrogens with zero attached hydrogens (tertiary/aromatic N) is 3. The van der Waals surface area contributed by atoms with Gasteiger partial charge >= 0.3 is 6.08 Å². The van der Waals surface area contributed by atoms with Crippen LogP contribution in [0.3, 0.4) is 0 Å². The Balaban J connectivity index is 2.12. The Morgan fingerprint density at radius 3 is 2.52 bits per heavy atom. The summed E-state index contributed by atoms with van der Waals surface area (Å²) in [5, 5.41) is 3.91. The first-order valence-corrected chi connectivity index (χ1v) is 6.79. The number of pyridine rings is 1. The molecule has 0 saturated heterocycles. The van der Waals surface area contributed by atoms with Crippen molar-refractivity contribution in [2.24, 2.45) is 0 Å². The quantitative estimate of drug-likeness (QED) is 0.862.